The number of rotatable bonds is 38. The number of hydrogen-bond donors (Lipinski definition) is 1. The zero-order valence-corrected chi connectivity index (χ0v) is 31.6. The summed E-state index contributed by atoms with van der Waals surface area (Å²) in [4.78, 5) is 24.3. The Hall–Kier alpha value is -1.36. The summed E-state index contributed by atoms with van der Waals surface area (Å²) in [7, 11) is 0. The Bertz CT molecular complexity index is 676. The number of aliphatic hydroxyl groups is 1. The fourth-order valence-corrected chi connectivity index (χ4v) is 6.14. The second-order valence-electron chi connectivity index (χ2n) is 14.1. The fraction of sp³-hybridized carbons (Fsp3) is 0.905. The maximum absolute atomic E-state index is 12.2. The summed E-state index contributed by atoms with van der Waals surface area (Å²) in [6.45, 7) is 4.15. The molecule has 0 spiro atoms. The van der Waals surface area contributed by atoms with E-state index in [1.807, 2.05) is 0 Å². The Labute approximate surface area is 292 Å². The van der Waals surface area contributed by atoms with Crippen LogP contribution in [-0.4, -0.2) is 36.4 Å². The second kappa shape index (κ2) is 39.1. The molecule has 0 bridgehead atoms. The minimum absolute atomic E-state index is 0.0614. The van der Waals surface area contributed by atoms with Gasteiger partial charge < -0.3 is 14.6 Å². The molecule has 0 heterocycles. The van der Waals surface area contributed by atoms with Crippen molar-refractivity contribution in [3.05, 3.63) is 12.2 Å². The molecule has 0 rings (SSSR count). The monoisotopic (exact) mass is 665 g/mol. The molecule has 1 atom stereocenters. The number of carbonyl (C=O) groups is 2. The van der Waals surface area contributed by atoms with Crippen LogP contribution in [0.1, 0.15) is 226 Å². The highest BCUT2D eigenvalue weighted by atomic mass is 16.6. The molecule has 278 valence electrons. The van der Waals surface area contributed by atoms with Crippen molar-refractivity contribution < 1.29 is 24.2 Å². The number of esters is 2. The van der Waals surface area contributed by atoms with Gasteiger partial charge >= 0.3 is 11.9 Å². The van der Waals surface area contributed by atoms with Crippen LogP contribution in [0.3, 0.4) is 0 Å². The van der Waals surface area contributed by atoms with Crippen molar-refractivity contribution >= 4 is 11.9 Å². The number of carbonyl (C=O) groups excluding carboxylic acids is 2. The van der Waals surface area contributed by atoms with Crippen LogP contribution in [0.4, 0.5) is 0 Å². The second-order valence-corrected chi connectivity index (χ2v) is 14.1. The summed E-state index contributed by atoms with van der Waals surface area (Å²) in [6, 6.07) is 0. The first kappa shape index (κ1) is 45.6. The highest BCUT2D eigenvalue weighted by Gasteiger charge is 2.16. The van der Waals surface area contributed by atoms with Crippen LogP contribution in [0.5, 0.6) is 0 Å². The molecule has 0 aromatic heterocycles. The zero-order chi connectivity index (χ0) is 34.3. The van der Waals surface area contributed by atoms with Gasteiger partial charge in [-0.3, -0.25) is 9.59 Å². The first-order chi connectivity index (χ1) is 23.1. The Morgan fingerprint density at radius 3 is 1.15 bits per heavy atom. The molecule has 0 aromatic rings. The molecule has 0 aliphatic rings. The van der Waals surface area contributed by atoms with Crippen molar-refractivity contribution in [1.29, 1.82) is 0 Å². The molecule has 0 aromatic carbocycles. The Kier molecular flexibility index (Phi) is 38.0. The van der Waals surface area contributed by atoms with Crippen LogP contribution in [0.2, 0.25) is 0 Å². The summed E-state index contributed by atoms with van der Waals surface area (Å²) in [5.74, 6) is -0.584. The van der Waals surface area contributed by atoms with Crippen molar-refractivity contribution in [2.75, 3.05) is 13.2 Å². The summed E-state index contributed by atoms with van der Waals surface area (Å²) >= 11 is 0. The normalized spacial score (nSPS) is 12.1. The highest BCUT2D eigenvalue weighted by molar-refractivity contribution is 5.70. The third-order valence-corrected chi connectivity index (χ3v) is 9.31. The maximum atomic E-state index is 12.2. The number of hydrogen-bond acceptors (Lipinski definition) is 5. The summed E-state index contributed by atoms with van der Waals surface area (Å²) < 4.78 is 10.6. The van der Waals surface area contributed by atoms with E-state index in [0.717, 1.165) is 32.1 Å². The average Bonchev–Trinajstić information content (AvgIpc) is 3.07. The molecule has 0 amide bonds. The third kappa shape index (κ3) is 37.3. The van der Waals surface area contributed by atoms with Gasteiger partial charge in [-0.05, 0) is 38.5 Å². The zero-order valence-electron chi connectivity index (χ0n) is 31.6. The minimum Gasteiger partial charge on any atom is -0.462 e. The molecule has 5 heteroatoms. The Morgan fingerprint density at radius 2 is 0.787 bits per heavy atom. The first-order valence-corrected chi connectivity index (χ1v) is 20.7. The molecule has 0 aliphatic heterocycles. The van der Waals surface area contributed by atoms with E-state index in [9.17, 15) is 14.7 Å². The predicted molar refractivity (Wildman–Crippen MR) is 201 cm³/mol. The lowest BCUT2D eigenvalue weighted by molar-refractivity contribution is -0.161. The molecule has 47 heavy (non-hydrogen) atoms. The van der Waals surface area contributed by atoms with E-state index < -0.39 is 6.10 Å². The van der Waals surface area contributed by atoms with E-state index in [4.69, 9.17) is 9.47 Å². The standard InChI is InChI=1S/C42H80O5/c1-3-5-7-9-11-13-15-17-19-20-21-23-25-27-29-31-33-35-37-42(45)47-40(38-43)39-46-41(44)36-34-32-30-28-26-24-22-18-16-14-12-10-8-6-4-2/h19-20,40,43H,3-18,21-39H2,1-2H3/b20-19-. The van der Waals surface area contributed by atoms with Gasteiger partial charge in [-0.2, -0.15) is 0 Å². The lowest BCUT2D eigenvalue weighted by Crippen LogP contribution is -2.28. The maximum Gasteiger partial charge on any atom is 0.306 e. The lowest BCUT2D eigenvalue weighted by atomic mass is 10.0. The van der Waals surface area contributed by atoms with Crippen molar-refractivity contribution in [3.8, 4) is 0 Å². The van der Waals surface area contributed by atoms with E-state index in [1.165, 1.54) is 167 Å². The Balaban J connectivity index is 3.51. The van der Waals surface area contributed by atoms with Gasteiger partial charge in [0.1, 0.15) is 6.61 Å². The topological polar surface area (TPSA) is 72.8 Å². The van der Waals surface area contributed by atoms with Gasteiger partial charge in [-0.25, -0.2) is 0 Å². The van der Waals surface area contributed by atoms with Crippen LogP contribution in [0.25, 0.3) is 0 Å². The molecule has 0 saturated carbocycles. The number of unbranched alkanes of at least 4 members (excludes halogenated alkanes) is 28. The first-order valence-electron chi connectivity index (χ1n) is 20.7. The number of allylic oxidation sites excluding steroid dienone is 2. The van der Waals surface area contributed by atoms with Crippen LogP contribution in [0, 0.1) is 0 Å². The van der Waals surface area contributed by atoms with Crippen molar-refractivity contribution in [2.45, 2.75) is 232 Å². The van der Waals surface area contributed by atoms with Crippen LogP contribution in [0.15, 0.2) is 12.2 Å². The molecule has 0 fully saturated rings. The van der Waals surface area contributed by atoms with E-state index in [-0.39, 0.29) is 25.2 Å². The van der Waals surface area contributed by atoms with Crippen molar-refractivity contribution in [2.24, 2.45) is 0 Å². The van der Waals surface area contributed by atoms with Crippen molar-refractivity contribution in [3.63, 3.8) is 0 Å². The number of aliphatic hydroxyl groups excluding tert-OH is 1. The largest absolute Gasteiger partial charge is 0.462 e. The summed E-state index contributed by atoms with van der Waals surface area (Å²) in [5, 5.41) is 9.56. The molecule has 0 radical (unpaired) electrons. The number of ether oxygens (including phenoxy) is 2. The minimum atomic E-state index is -0.767. The molecule has 1 unspecified atom stereocenters. The van der Waals surface area contributed by atoms with E-state index in [0.29, 0.717) is 12.8 Å². The molecule has 0 aliphatic carbocycles. The van der Waals surface area contributed by atoms with E-state index in [1.54, 1.807) is 0 Å². The Morgan fingerprint density at radius 1 is 0.468 bits per heavy atom. The van der Waals surface area contributed by atoms with Crippen LogP contribution < -0.4 is 0 Å². The SMILES string of the molecule is CCCCCCCCC/C=C\CCCCCCCCCC(=O)OC(CO)COC(=O)CCCCCCCCCCCCCCCCC. The van der Waals surface area contributed by atoms with Gasteiger partial charge in [0.05, 0.1) is 6.61 Å². The van der Waals surface area contributed by atoms with Gasteiger partial charge in [-0.1, -0.05) is 187 Å². The summed E-state index contributed by atoms with van der Waals surface area (Å²) in [6.07, 6.45) is 44.2. The third-order valence-electron chi connectivity index (χ3n) is 9.31. The molecule has 0 saturated heterocycles. The summed E-state index contributed by atoms with van der Waals surface area (Å²) in [5.41, 5.74) is 0. The predicted octanol–water partition coefficient (Wildman–Crippen LogP) is 12.9. The quantitative estimate of drug-likeness (QED) is 0.0404. The molecule has 1 N–H and O–H groups in total. The van der Waals surface area contributed by atoms with Gasteiger partial charge in [0.15, 0.2) is 6.10 Å². The van der Waals surface area contributed by atoms with Gasteiger partial charge in [0, 0.05) is 12.8 Å². The van der Waals surface area contributed by atoms with Gasteiger partial charge in [0.2, 0.25) is 0 Å². The van der Waals surface area contributed by atoms with Gasteiger partial charge in [-0.15, -0.1) is 0 Å². The van der Waals surface area contributed by atoms with Crippen LogP contribution >= 0.6 is 0 Å². The van der Waals surface area contributed by atoms with E-state index >= 15 is 0 Å². The smallest absolute Gasteiger partial charge is 0.306 e. The lowest BCUT2D eigenvalue weighted by Gasteiger charge is -2.15. The molecular weight excluding hydrogens is 584 g/mol. The molecular formula is C42H80O5. The average molecular weight is 665 g/mol. The molecule has 5 nitrogen and oxygen atoms in total. The van der Waals surface area contributed by atoms with E-state index in [2.05, 4.69) is 26.0 Å². The van der Waals surface area contributed by atoms with Crippen LogP contribution in [-0.2, 0) is 19.1 Å². The fourth-order valence-electron chi connectivity index (χ4n) is 6.14. The highest BCUT2D eigenvalue weighted by Crippen LogP contribution is 2.15. The van der Waals surface area contributed by atoms with Gasteiger partial charge in [0.25, 0.3) is 0 Å². The van der Waals surface area contributed by atoms with Crippen molar-refractivity contribution in [1.82, 2.24) is 0 Å².